The van der Waals surface area contributed by atoms with Crippen LogP contribution in [0.1, 0.15) is 25.3 Å². The van der Waals surface area contributed by atoms with Crippen molar-refractivity contribution in [3.8, 4) is 6.07 Å². The smallest absolute Gasteiger partial charge is 0.0992 e. The number of nitrogens with zero attached hydrogens (tertiary/aromatic N) is 2. The molecule has 1 saturated heterocycles. The van der Waals surface area contributed by atoms with Gasteiger partial charge in [0.15, 0.2) is 0 Å². The molecule has 0 aromatic heterocycles. The minimum atomic E-state index is 0.288. The predicted molar refractivity (Wildman–Crippen MR) is 77.4 cm³/mol. The zero-order valence-corrected chi connectivity index (χ0v) is 12.2. The van der Waals surface area contributed by atoms with Crippen LogP contribution in [0.5, 0.6) is 0 Å². The van der Waals surface area contributed by atoms with E-state index in [9.17, 15) is 0 Å². The van der Waals surface area contributed by atoms with E-state index in [1.807, 2.05) is 18.2 Å². The molecule has 1 aromatic rings. The van der Waals surface area contributed by atoms with Gasteiger partial charge in [0, 0.05) is 23.6 Å². The summed E-state index contributed by atoms with van der Waals surface area (Å²) in [6.07, 6.45) is 2.29. The molecule has 2 rings (SSSR count). The van der Waals surface area contributed by atoms with Crippen molar-refractivity contribution in [2.24, 2.45) is 11.7 Å². The third kappa shape index (κ3) is 2.85. The summed E-state index contributed by atoms with van der Waals surface area (Å²) in [4.78, 5) is 2.37. The van der Waals surface area contributed by atoms with Gasteiger partial charge in [-0.3, -0.25) is 0 Å². The Morgan fingerprint density at radius 2 is 2.11 bits per heavy atom. The van der Waals surface area contributed by atoms with Gasteiger partial charge in [-0.2, -0.15) is 5.26 Å². The van der Waals surface area contributed by atoms with Crippen LogP contribution in [-0.4, -0.2) is 19.1 Å². The summed E-state index contributed by atoms with van der Waals surface area (Å²) in [5, 5.41) is 8.86. The molecule has 1 aliphatic heterocycles. The highest BCUT2D eigenvalue weighted by atomic mass is 79.9. The van der Waals surface area contributed by atoms with E-state index in [0.717, 1.165) is 30.4 Å². The number of rotatable bonds is 2. The van der Waals surface area contributed by atoms with Crippen molar-refractivity contribution in [2.75, 3.05) is 18.0 Å². The summed E-state index contributed by atoms with van der Waals surface area (Å²) in [6, 6.07) is 8.22. The third-order valence-corrected chi connectivity index (χ3v) is 4.34. The number of piperidine rings is 1. The quantitative estimate of drug-likeness (QED) is 0.914. The maximum Gasteiger partial charge on any atom is 0.0992 e. The Morgan fingerprint density at radius 3 is 2.61 bits per heavy atom. The van der Waals surface area contributed by atoms with Gasteiger partial charge in [0.25, 0.3) is 0 Å². The van der Waals surface area contributed by atoms with Crippen LogP contribution in [0.2, 0.25) is 0 Å². The number of nitriles is 1. The number of halogens is 1. The molecule has 18 heavy (non-hydrogen) atoms. The highest BCUT2D eigenvalue weighted by Crippen LogP contribution is 2.31. The lowest BCUT2D eigenvalue weighted by atomic mass is 9.91. The van der Waals surface area contributed by atoms with Crippen LogP contribution in [0.3, 0.4) is 0 Å². The highest BCUT2D eigenvalue weighted by Gasteiger charge is 2.22. The summed E-state index contributed by atoms with van der Waals surface area (Å²) < 4.78 is 1.00. The van der Waals surface area contributed by atoms with Crippen LogP contribution in [0.15, 0.2) is 22.7 Å². The molecule has 1 aromatic carbocycles. The lowest BCUT2D eigenvalue weighted by molar-refractivity contribution is 0.354. The lowest BCUT2D eigenvalue weighted by Crippen LogP contribution is -2.39. The normalized spacial score (nSPS) is 18.4. The van der Waals surface area contributed by atoms with Gasteiger partial charge in [-0.1, -0.05) is 0 Å². The summed E-state index contributed by atoms with van der Waals surface area (Å²) in [6.45, 7) is 4.17. The van der Waals surface area contributed by atoms with Crippen molar-refractivity contribution in [1.29, 1.82) is 5.26 Å². The molecule has 4 heteroatoms. The van der Waals surface area contributed by atoms with Crippen LogP contribution in [0.25, 0.3) is 0 Å². The Hall–Kier alpha value is -1.05. The van der Waals surface area contributed by atoms with E-state index < -0.39 is 0 Å². The molecular weight excluding hydrogens is 290 g/mol. The highest BCUT2D eigenvalue weighted by molar-refractivity contribution is 9.10. The Bertz CT molecular complexity index is 457. The molecule has 1 aliphatic rings. The summed E-state index contributed by atoms with van der Waals surface area (Å²) in [7, 11) is 0. The molecule has 0 radical (unpaired) electrons. The first-order chi connectivity index (χ1) is 8.61. The number of hydrogen-bond donors (Lipinski definition) is 1. The van der Waals surface area contributed by atoms with Crippen LogP contribution in [0.4, 0.5) is 5.69 Å². The predicted octanol–water partition coefficient (Wildman–Crippen LogP) is 2.88. The Kier molecular flexibility index (Phi) is 4.26. The molecule has 0 saturated carbocycles. The van der Waals surface area contributed by atoms with Crippen LogP contribution in [-0.2, 0) is 0 Å². The second-order valence-corrected chi connectivity index (χ2v) is 5.82. The van der Waals surface area contributed by atoms with Gasteiger partial charge >= 0.3 is 0 Å². The molecule has 3 nitrogen and oxygen atoms in total. The van der Waals surface area contributed by atoms with E-state index >= 15 is 0 Å². The van der Waals surface area contributed by atoms with Gasteiger partial charge < -0.3 is 10.6 Å². The van der Waals surface area contributed by atoms with Gasteiger partial charge in [-0.15, -0.1) is 0 Å². The van der Waals surface area contributed by atoms with Crippen LogP contribution < -0.4 is 10.6 Å². The number of nitrogens with two attached hydrogens (primary N) is 1. The zero-order valence-electron chi connectivity index (χ0n) is 10.6. The summed E-state index contributed by atoms with van der Waals surface area (Å²) >= 11 is 3.55. The van der Waals surface area contributed by atoms with E-state index in [1.54, 1.807) is 0 Å². The second-order valence-electron chi connectivity index (χ2n) is 4.96. The van der Waals surface area contributed by atoms with Crippen LogP contribution in [0, 0.1) is 17.2 Å². The first-order valence-electron chi connectivity index (χ1n) is 6.32. The first-order valence-corrected chi connectivity index (χ1v) is 7.11. The number of anilines is 1. The fourth-order valence-electron chi connectivity index (χ4n) is 2.50. The fourth-order valence-corrected chi connectivity index (χ4v) is 3.13. The summed E-state index contributed by atoms with van der Waals surface area (Å²) in [5.74, 6) is 0.637. The monoisotopic (exact) mass is 307 g/mol. The Balaban J connectivity index is 2.08. The van der Waals surface area contributed by atoms with Crippen molar-refractivity contribution in [3.63, 3.8) is 0 Å². The SMILES string of the molecule is CC(N)C1CCN(c2ccc(C#N)cc2Br)CC1. The standard InChI is InChI=1S/C14H18BrN3/c1-10(17)12-4-6-18(7-5-12)14-3-2-11(9-16)8-13(14)15/h2-3,8,10,12H,4-7,17H2,1H3. The van der Waals surface area contributed by atoms with Crippen LogP contribution >= 0.6 is 15.9 Å². The summed E-state index contributed by atoms with van der Waals surface area (Å²) in [5.41, 5.74) is 7.82. The maximum absolute atomic E-state index is 8.86. The molecule has 1 atom stereocenters. The van der Waals surface area contributed by atoms with Crippen molar-refractivity contribution >= 4 is 21.6 Å². The average Bonchev–Trinajstić information content (AvgIpc) is 2.38. The molecule has 0 bridgehead atoms. The number of hydrogen-bond acceptors (Lipinski definition) is 3. The minimum Gasteiger partial charge on any atom is -0.371 e. The topological polar surface area (TPSA) is 53.0 Å². The first kappa shape index (κ1) is 13.4. The van der Waals surface area contributed by atoms with E-state index in [2.05, 4.69) is 33.8 Å². The van der Waals surface area contributed by atoms with E-state index in [1.165, 1.54) is 5.69 Å². The molecular formula is C14H18BrN3. The molecule has 96 valence electrons. The largest absolute Gasteiger partial charge is 0.371 e. The maximum atomic E-state index is 8.86. The Labute approximate surface area is 117 Å². The molecule has 1 unspecified atom stereocenters. The van der Waals surface area contributed by atoms with Gasteiger partial charge in [-0.25, -0.2) is 0 Å². The van der Waals surface area contributed by atoms with E-state index in [4.69, 9.17) is 11.0 Å². The number of benzene rings is 1. The molecule has 0 amide bonds. The van der Waals surface area contributed by atoms with E-state index in [-0.39, 0.29) is 6.04 Å². The molecule has 2 N–H and O–H groups in total. The van der Waals surface area contributed by atoms with Crippen molar-refractivity contribution in [1.82, 2.24) is 0 Å². The third-order valence-electron chi connectivity index (χ3n) is 3.70. The molecule has 1 heterocycles. The van der Waals surface area contributed by atoms with Gasteiger partial charge in [-0.05, 0) is 59.8 Å². The van der Waals surface area contributed by atoms with Gasteiger partial charge in [0.1, 0.15) is 0 Å². The van der Waals surface area contributed by atoms with Crippen molar-refractivity contribution in [2.45, 2.75) is 25.8 Å². The fraction of sp³-hybridized carbons (Fsp3) is 0.500. The lowest BCUT2D eigenvalue weighted by Gasteiger charge is -2.35. The second kappa shape index (κ2) is 5.73. The zero-order chi connectivity index (χ0) is 13.1. The van der Waals surface area contributed by atoms with Crippen molar-refractivity contribution in [3.05, 3.63) is 28.2 Å². The van der Waals surface area contributed by atoms with Gasteiger partial charge in [0.05, 0.1) is 17.3 Å². The average molecular weight is 308 g/mol. The molecule has 1 fully saturated rings. The molecule has 0 aliphatic carbocycles. The Morgan fingerprint density at radius 1 is 1.44 bits per heavy atom. The molecule has 0 spiro atoms. The van der Waals surface area contributed by atoms with Crippen molar-refractivity contribution < 1.29 is 0 Å². The van der Waals surface area contributed by atoms with Gasteiger partial charge in [0.2, 0.25) is 0 Å². The minimum absolute atomic E-state index is 0.288. The van der Waals surface area contributed by atoms with E-state index in [0.29, 0.717) is 11.5 Å².